The maximum absolute atomic E-state index is 8.89. The average molecular weight is 133 g/mol. The Morgan fingerprint density at radius 3 is 2.56 bits per heavy atom. The molecule has 0 unspecified atom stereocenters. The Morgan fingerprint density at radius 1 is 1.67 bits per heavy atom. The molecule has 2 atom stereocenters. The summed E-state index contributed by atoms with van der Waals surface area (Å²) in [5.41, 5.74) is 0. The van der Waals surface area contributed by atoms with Gasteiger partial charge in [0.1, 0.15) is 6.10 Å². The topological polar surface area (TPSA) is 69.9 Å². The van der Waals surface area contributed by atoms with Gasteiger partial charge in [-0.1, -0.05) is 0 Å². The molecule has 0 aliphatic carbocycles. The van der Waals surface area contributed by atoms with E-state index in [1.54, 1.807) is 0 Å². The third-order valence-electron chi connectivity index (χ3n) is 1.28. The number of ether oxygens (including phenoxy) is 1. The Labute approximate surface area is 52.7 Å². The first-order chi connectivity index (χ1) is 4.24. The highest BCUT2D eigenvalue weighted by molar-refractivity contribution is 4.85. The number of aliphatic hydroxyl groups is 3. The van der Waals surface area contributed by atoms with Gasteiger partial charge >= 0.3 is 0 Å². The van der Waals surface area contributed by atoms with E-state index in [4.69, 9.17) is 15.3 Å². The van der Waals surface area contributed by atoms with Crippen LogP contribution >= 0.6 is 0 Å². The van der Waals surface area contributed by atoms with Crippen LogP contribution < -0.4 is 0 Å². The van der Waals surface area contributed by atoms with Crippen molar-refractivity contribution in [2.45, 2.75) is 18.6 Å². The summed E-state index contributed by atoms with van der Waals surface area (Å²) in [6.07, 6.45) is -1.47. The van der Waals surface area contributed by atoms with Crippen LogP contribution in [0.5, 0.6) is 0 Å². The van der Waals surface area contributed by atoms with Crippen LogP contribution in [0.1, 0.15) is 6.42 Å². The second kappa shape index (κ2) is 2.62. The highest BCUT2D eigenvalue weighted by Crippen LogP contribution is 2.22. The molecule has 1 heterocycles. The molecule has 0 saturated carbocycles. The lowest BCUT2D eigenvalue weighted by Crippen LogP contribution is -2.24. The third-order valence-corrected chi connectivity index (χ3v) is 1.28. The zero-order valence-electron chi connectivity index (χ0n) is 4.82. The van der Waals surface area contributed by atoms with Crippen molar-refractivity contribution < 1.29 is 20.1 Å². The number of aliphatic hydroxyl groups excluding tert-OH is 3. The first kappa shape index (κ1) is 6.95. The summed E-state index contributed by atoms with van der Waals surface area (Å²) >= 11 is 0. The molecular weight excluding hydrogens is 124 g/mol. The Hall–Kier alpha value is -0.160. The van der Waals surface area contributed by atoms with E-state index in [1.807, 2.05) is 0 Å². The molecule has 1 aliphatic heterocycles. The summed E-state index contributed by atoms with van der Waals surface area (Å²) in [7, 11) is 0. The molecule has 0 bridgehead atoms. The summed E-state index contributed by atoms with van der Waals surface area (Å²) in [6.45, 7) is -0.259. The molecule has 1 fully saturated rings. The Kier molecular flexibility index (Phi) is 2.02. The molecule has 1 aliphatic rings. The minimum atomic E-state index is -0.755. The van der Waals surface area contributed by atoms with Crippen LogP contribution in [0, 0.1) is 6.29 Å². The molecule has 9 heavy (non-hydrogen) atoms. The predicted octanol–water partition coefficient (Wildman–Crippen LogP) is -1.01. The van der Waals surface area contributed by atoms with Gasteiger partial charge in [0, 0.05) is 6.42 Å². The molecular formula is C5H9O4. The summed E-state index contributed by atoms with van der Waals surface area (Å²) < 4.78 is 4.59. The number of hydrogen-bond acceptors (Lipinski definition) is 4. The summed E-state index contributed by atoms with van der Waals surface area (Å²) in [4.78, 5) is 0. The zero-order valence-corrected chi connectivity index (χ0v) is 4.82. The Balaban J connectivity index is 2.38. The van der Waals surface area contributed by atoms with Crippen molar-refractivity contribution in [3.8, 4) is 0 Å². The quantitative estimate of drug-likeness (QED) is 0.428. The van der Waals surface area contributed by atoms with Gasteiger partial charge in [-0.25, -0.2) is 0 Å². The molecule has 0 aromatic carbocycles. The van der Waals surface area contributed by atoms with E-state index in [0.717, 1.165) is 0 Å². The third kappa shape index (κ3) is 1.40. The summed E-state index contributed by atoms with van der Waals surface area (Å²) in [6, 6.07) is 0. The Morgan fingerprint density at radius 2 is 2.33 bits per heavy atom. The van der Waals surface area contributed by atoms with Crippen LogP contribution in [-0.4, -0.2) is 34.1 Å². The normalized spacial score (nSPS) is 37.7. The smallest absolute Gasteiger partial charge is 0.224 e. The zero-order chi connectivity index (χ0) is 6.85. The van der Waals surface area contributed by atoms with Crippen LogP contribution in [0.25, 0.3) is 0 Å². The second-order valence-electron chi connectivity index (χ2n) is 2.00. The van der Waals surface area contributed by atoms with Crippen molar-refractivity contribution in [1.82, 2.24) is 0 Å². The molecule has 4 heteroatoms. The van der Waals surface area contributed by atoms with E-state index >= 15 is 0 Å². The fourth-order valence-electron chi connectivity index (χ4n) is 0.771. The van der Waals surface area contributed by atoms with E-state index < -0.39 is 12.2 Å². The lowest BCUT2D eigenvalue weighted by Gasteiger charge is -2.07. The van der Waals surface area contributed by atoms with Crippen LogP contribution in [0.2, 0.25) is 0 Å². The van der Waals surface area contributed by atoms with Gasteiger partial charge in [0.2, 0.25) is 6.29 Å². The Bertz CT molecular complexity index is 95.0. The first-order valence-corrected chi connectivity index (χ1v) is 2.74. The monoisotopic (exact) mass is 133 g/mol. The number of hydrogen-bond donors (Lipinski definition) is 3. The van der Waals surface area contributed by atoms with Gasteiger partial charge < -0.3 is 20.1 Å². The van der Waals surface area contributed by atoms with Gasteiger partial charge in [0.25, 0.3) is 0 Å². The molecule has 0 amide bonds. The van der Waals surface area contributed by atoms with Crippen LogP contribution in [0.3, 0.4) is 0 Å². The summed E-state index contributed by atoms with van der Waals surface area (Å²) in [5, 5.41) is 26.0. The van der Waals surface area contributed by atoms with E-state index in [1.165, 1.54) is 0 Å². The minimum absolute atomic E-state index is 0.116. The SMILES string of the molecule is OC[C@H]1O[C](O)C[C@@H]1O. The van der Waals surface area contributed by atoms with Gasteiger partial charge in [-0.15, -0.1) is 0 Å². The van der Waals surface area contributed by atoms with E-state index in [2.05, 4.69) is 4.74 Å². The van der Waals surface area contributed by atoms with Gasteiger partial charge in [-0.2, -0.15) is 0 Å². The molecule has 4 nitrogen and oxygen atoms in total. The number of rotatable bonds is 1. The molecule has 1 radical (unpaired) electrons. The van der Waals surface area contributed by atoms with Crippen molar-refractivity contribution in [2.24, 2.45) is 0 Å². The molecule has 0 spiro atoms. The maximum Gasteiger partial charge on any atom is 0.224 e. The maximum atomic E-state index is 8.89. The van der Waals surface area contributed by atoms with Gasteiger partial charge in [0.15, 0.2) is 0 Å². The molecule has 1 rings (SSSR count). The van der Waals surface area contributed by atoms with Crippen molar-refractivity contribution in [3.63, 3.8) is 0 Å². The minimum Gasteiger partial charge on any atom is -0.394 e. The van der Waals surface area contributed by atoms with E-state index in [9.17, 15) is 0 Å². The fraction of sp³-hybridized carbons (Fsp3) is 0.800. The average Bonchev–Trinajstić information content (AvgIpc) is 2.10. The summed E-state index contributed by atoms with van der Waals surface area (Å²) in [5.74, 6) is 0. The lowest BCUT2D eigenvalue weighted by atomic mass is 10.2. The van der Waals surface area contributed by atoms with Crippen LogP contribution in [0.15, 0.2) is 0 Å². The largest absolute Gasteiger partial charge is 0.394 e. The molecule has 0 aromatic rings. The van der Waals surface area contributed by atoms with Crippen molar-refractivity contribution in [2.75, 3.05) is 6.61 Å². The van der Waals surface area contributed by atoms with E-state index in [0.29, 0.717) is 0 Å². The van der Waals surface area contributed by atoms with Crippen molar-refractivity contribution in [3.05, 3.63) is 6.29 Å². The highest BCUT2D eigenvalue weighted by atomic mass is 16.6. The van der Waals surface area contributed by atoms with Gasteiger partial charge in [-0.05, 0) is 0 Å². The fourth-order valence-corrected chi connectivity index (χ4v) is 0.771. The van der Waals surface area contributed by atoms with Crippen LogP contribution in [0.4, 0.5) is 0 Å². The van der Waals surface area contributed by atoms with E-state index in [-0.39, 0.29) is 19.3 Å². The van der Waals surface area contributed by atoms with Gasteiger partial charge in [0.05, 0.1) is 12.7 Å². The van der Waals surface area contributed by atoms with Crippen molar-refractivity contribution in [1.29, 1.82) is 0 Å². The highest BCUT2D eigenvalue weighted by Gasteiger charge is 2.32. The molecule has 53 valence electrons. The van der Waals surface area contributed by atoms with Crippen LogP contribution in [-0.2, 0) is 4.74 Å². The van der Waals surface area contributed by atoms with Gasteiger partial charge in [-0.3, -0.25) is 0 Å². The second-order valence-corrected chi connectivity index (χ2v) is 2.00. The lowest BCUT2D eigenvalue weighted by molar-refractivity contribution is -0.0388. The first-order valence-electron chi connectivity index (χ1n) is 2.74. The predicted molar refractivity (Wildman–Crippen MR) is 27.8 cm³/mol. The molecule has 3 N–H and O–H groups in total. The standard InChI is InChI=1S/C5H9O4/c6-2-4-3(7)1-5(8)9-4/h3-4,6-8H,1-2H2/t3-,4+/m0/s1. The molecule has 0 aromatic heterocycles. The molecule has 1 saturated heterocycles. The van der Waals surface area contributed by atoms with Crippen molar-refractivity contribution >= 4 is 0 Å².